The Bertz CT molecular complexity index is 1390. The van der Waals surface area contributed by atoms with Crippen molar-refractivity contribution < 1.29 is 23.8 Å². The molecule has 0 saturated carbocycles. The monoisotopic (exact) mass is 533 g/mol. The highest BCUT2D eigenvalue weighted by Crippen LogP contribution is 2.41. The maximum Gasteiger partial charge on any atom is 0.336 e. The largest absolute Gasteiger partial charge is 0.497 e. The van der Waals surface area contributed by atoms with Crippen molar-refractivity contribution in [3.8, 4) is 17.0 Å². The number of allylic oxidation sites excluding steroid dienone is 1. The third-order valence-corrected chi connectivity index (χ3v) is 6.99. The molecule has 4 rings (SSSR count). The zero-order valence-corrected chi connectivity index (χ0v) is 22.9. The molecule has 1 N–H and O–H groups in total. The van der Waals surface area contributed by atoms with Crippen LogP contribution in [0, 0.1) is 5.92 Å². The number of hydrogen-bond acceptors (Lipinski definition) is 9. The topological polar surface area (TPSA) is 99.1 Å². The number of rotatable bonds is 9. The molecule has 0 fully saturated rings. The number of methoxy groups -OCH3 is 1. The number of carbonyl (C=O) groups excluding carboxylic acids is 2. The predicted molar refractivity (Wildman–Crippen MR) is 149 cm³/mol. The zero-order chi connectivity index (χ0) is 27.2. The maximum atomic E-state index is 13.1. The molecule has 3 aromatic rings. The van der Waals surface area contributed by atoms with Crippen LogP contribution in [0.15, 0.2) is 70.2 Å². The average Bonchev–Trinajstić information content (AvgIpc) is 3.37. The lowest BCUT2D eigenvalue weighted by Gasteiger charge is -2.31. The Hall–Kier alpha value is -3.98. The number of esters is 2. The van der Waals surface area contributed by atoms with Crippen LogP contribution in [0.5, 0.6) is 5.75 Å². The summed E-state index contributed by atoms with van der Waals surface area (Å²) in [5.74, 6) is -1.49. The average molecular weight is 534 g/mol. The van der Waals surface area contributed by atoms with Crippen molar-refractivity contribution in [3.63, 3.8) is 0 Å². The van der Waals surface area contributed by atoms with Crippen molar-refractivity contribution in [1.29, 1.82) is 0 Å². The maximum absolute atomic E-state index is 13.1. The number of aliphatic imine (C=N–C) groups is 1. The van der Waals surface area contributed by atoms with Crippen LogP contribution in [0.25, 0.3) is 11.3 Å². The molecule has 9 heteroatoms. The van der Waals surface area contributed by atoms with Gasteiger partial charge in [-0.05, 0) is 57.5 Å². The summed E-state index contributed by atoms with van der Waals surface area (Å²) >= 11 is 1.48. The highest BCUT2D eigenvalue weighted by atomic mass is 32.1. The predicted octanol–water partition coefficient (Wildman–Crippen LogP) is 6.14. The highest BCUT2D eigenvalue weighted by molar-refractivity contribution is 7.14. The van der Waals surface area contributed by atoms with E-state index in [-0.39, 0.29) is 13.2 Å². The van der Waals surface area contributed by atoms with Gasteiger partial charge in [0.2, 0.25) is 0 Å². The molecule has 38 heavy (non-hydrogen) atoms. The van der Waals surface area contributed by atoms with Crippen LogP contribution in [0.1, 0.15) is 39.2 Å². The van der Waals surface area contributed by atoms with Gasteiger partial charge < -0.3 is 19.5 Å². The van der Waals surface area contributed by atoms with E-state index in [2.05, 4.69) is 10.3 Å². The molecule has 1 aliphatic heterocycles. The van der Waals surface area contributed by atoms with Gasteiger partial charge in [-0.3, -0.25) is 9.79 Å². The first-order valence-electron chi connectivity index (χ1n) is 12.4. The first kappa shape index (κ1) is 27.1. The lowest BCUT2D eigenvalue weighted by molar-refractivity contribution is -0.146. The fraction of sp³-hybridized carbons (Fsp3) is 0.310. The molecule has 0 radical (unpaired) electrons. The number of carbonyl (C=O) groups is 2. The van der Waals surface area contributed by atoms with E-state index in [1.165, 1.54) is 11.3 Å². The number of hydrogen-bond donors (Lipinski definition) is 1. The standard InChI is InChI=1S/C29H31N3O5S/c1-6-36-27(33)24-17(3)30-18(4)25(28(34)37-7-2)26(24)20-11-8-12-21(14-20)31-29-32-23(16-38-29)19-10-9-13-22(15-19)35-5/h8-16,24,26H,6-7H2,1-5H3,(H,31,32). The summed E-state index contributed by atoms with van der Waals surface area (Å²) in [6.45, 7) is 7.51. The van der Waals surface area contributed by atoms with Gasteiger partial charge in [-0.2, -0.15) is 0 Å². The van der Waals surface area contributed by atoms with Crippen LogP contribution in [-0.2, 0) is 19.1 Å². The fourth-order valence-corrected chi connectivity index (χ4v) is 5.33. The Kier molecular flexibility index (Phi) is 8.58. The van der Waals surface area contributed by atoms with E-state index in [9.17, 15) is 9.59 Å². The van der Waals surface area contributed by atoms with E-state index < -0.39 is 23.8 Å². The molecule has 0 bridgehead atoms. The first-order valence-corrected chi connectivity index (χ1v) is 13.3. The van der Waals surface area contributed by atoms with Gasteiger partial charge in [0.25, 0.3) is 0 Å². The summed E-state index contributed by atoms with van der Waals surface area (Å²) in [6, 6.07) is 15.4. The molecule has 1 aliphatic rings. The summed E-state index contributed by atoms with van der Waals surface area (Å²) in [6.07, 6.45) is 0. The van der Waals surface area contributed by atoms with Crippen molar-refractivity contribution in [2.45, 2.75) is 33.6 Å². The third kappa shape index (κ3) is 5.78. The number of nitrogens with one attached hydrogen (secondary N) is 1. The van der Waals surface area contributed by atoms with E-state index >= 15 is 0 Å². The molecule has 0 amide bonds. The Morgan fingerprint density at radius 2 is 1.79 bits per heavy atom. The lowest BCUT2D eigenvalue weighted by Crippen LogP contribution is -2.36. The van der Waals surface area contributed by atoms with E-state index in [4.69, 9.17) is 19.2 Å². The quantitative estimate of drug-likeness (QED) is 0.330. The van der Waals surface area contributed by atoms with Gasteiger partial charge in [0.15, 0.2) is 5.13 Å². The summed E-state index contributed by atoms with van der Waals surface area (Å²) in [4.78, 5) is 35.4. The second-order valence-corrected chi connectivity index (χ2v) is 9.56. The van der Waals surface area contributed by atoms with Gasteiger partial charge in [0.05, 0.1) is 31.6 Å². The SMILES string of the molecule is CCOC(=O)C1=C(C)N=C(C)C(C(=O)OCC)C1c1cccc(Nc2nc(-c3cccc(OC)c3)cs2)c1. The molecule has 2 aromatic carbocycles. The summed E-state index contributed by atoms with van der Waals surface area (Å²) in [5, 5.41) is 6.05. The van der Waals surface area contributed by atoms with Gasteiger partial charge in [-0.15, -0.1) is 11.3 Å². The smallest absolute Gasteiger partial charge is 0.336 e. The Morgan fingerprint density at radius 1 is 1.03 bits per heavy atom. The Labute approximate surface area is 226 Å². The highest BCUT2D eigenvalue weighted by Gasteiger charge is 2.42. The number of anilines is 2. The molecule has 0 saturated heterocycles. The van der Waals surface area contributed by atoms with Gasteiger partial charge >= 0.3 is 11.9 Å². The van der Waals surface area contributed by atoms with E-state index in [0.29, 0.717) is 22.1 Å². The van der Waals surface area contributed by atoms with E-state index in [1.54, 1.807) is 34.8 Å². The summed E-state index contributed by atoms with van der Waals surface area (Å²) < 4.78 is 16.1. The van der Waals surface area contributed by atoms with Crippen molar-refractivity contribution in [2.24, 2.45) is 10.9 Å². The van der Waals surface area contributed by atoms with Crippen molar-refractivity contribution in [2.75, 3.05) is 25.6 Å². The molecule has 0 spiro atoms. The minimum atomic E-state index is -0.743. The summed E-state index contributed by atoms with van der Waals surface area (Å²) in [7, 11) is 1.64. The van der Waals surface area contributed by atoms with Crippen LogP contribution in [0.4, 0.5) is 10.8 Å². The van der Waals surface area contributed by atoms with Crippen molar-refractivity contribution in [3.05, 3.63) is 70.7 Å². The number of thiazole rings is 1. The first-order chi connectivity index (χ1) is 18.4. The Balaban J connectivity index is 1.68. The number of nitrogens with zero attached hydrogens (tertiary/aromatic N) is 2. The number of aromatic nitrogens is 1. The Morgan fingerprint density at radius 3 is 2.53 bits per heavy atom. The molecular formula is C29H31N3O5S. The van der Waals surface area contributed by atoms with Crippen LogP contribution in [-0.4, -0.2) is 43.0 Å². The molecule has 198 valence electrons. The summed E-state index contributed by atoms with van der Waals surface area (Å²) in [5.41, 5.74) is 4.83. The van der Waals surface area contributed by atoms with Crippen LogP contribution >= 0.6 is 11.3 Å². The lowest BCUT2D eigenvalue weighted by atomic mass is 9.75. The molecule has 2 heterocycles. The second kappa shape index (κ2) is 12.0. The second-order valence-electron chi connectivity index (χ2n) is 8.70. The van der Waals surface area contributed by atoms with Crippen molar-refractivity contribution >= 4 is 39.8 Å². The van der Waals surface area contributed by atoms with Crippen LogP contribution < -0.4 is 10.1 Å². The molecule has 1 aromatic heterocycles. The normalized spacial score (nSPS) is 17.0. The van der Waals surface area contributed by atoms with Crippen molar-refractivity contribution in [1.82, 2.24) is 4.98 Å². The minimum Gasteiger partial charge on any atom is -0.497 e. The number of ether oxygens (including phenoxy) is 3. The fourth-order valence-electron chi connectivity index (χ4n) is 4.59. The molecular weight excluding hydrogens is 502 g/mol. The van der Waals surface area contributed by atoms with Gasteiger partial charge in [-0.1, -0.05) is 24.3 Å². The van der Waals surface area contributed by atoms with Crippen LogP contribution in [0.2, 0.25) is 0 Å². The zero-order valence-electron chi connectivity index (χ0n) is 22.1. The molecule has 2 atom stereocenters. The molecule has 2 unspecified atom stereocenters. The van der Waals surface area contributed by atoms with Gasteiger partial charge in [0, 0.05) is 34.0 Å². The molecule has 0 aliphatic carbocycles. The van der Waals surface area contributed by atoms with E-state index in [1.807, 2.05) is 53.9 Å². The molecule has 8 nitrogen and oxygen atoms in total. The minimum absolute atomic E-state index is 0.219. The van der Waals surface area contributed by atoms with Crippen LogP contribution in [0.3, 0.4) is 0 Å². The number of benzene rings is 2. The van der Waals surface area contributed by atoms with Gasteiger partial charge in [-0.25, -0.2) is 9.78 Å². The third-order valence-electron chi connectivity index (χ3n) is 6.23. The van der Waals surface area contributed by atoms with E-state index in [0.717, 1.165) is 28.3 Å². The van der Waals surface area contributed by atoms with Gasteiger partial charge in [0.1, 0.15) is 11.7 Å².